The van der Waals surface area contributed by atoms with E-state index in [1.54, 1.807) is 24.3 Å². The van der Waals surface area contributed by atoms with Gasteiger partial charge in [0, 0.05) is 10.6 Å². The summed E-state index contributed by atoms with van der Waals surface area (Å²) in [6.45, 7) is 4.20. The van der Waals surface area contributed by atoms with Gasteiger partial charge in [0.1, 0.15) is 16.4 Å². The highest BCUT2D eigenvalue weighted by molar-refractivity contribution is 8.04. The van der Waals surface area contributed by atoms with Crippen LogP contribution in [0.25, 0.3) is 0 Å². The van der Waals surface area contributed by atoms with Crippen LogP contribution in [-0.2, 0) is 14.3 Å². The van der Waals surface area contributed by atoms with Crippen LogP contribution in [0.4, 0.5) is 11.4 Å². The van der Waals surface area contributed by atoms with Crippen LogP contribution in [0.15, 0.2) is 88.3 Å². The molecule has 0 saturated carbocycles. The number of thioether (sulfide) groups is 1. The number of ether oxygens (including phenoxy) is 1. The van der Waals surface area contributed by atoms with Crippen LogP contribution in [0.5, 0.6) is 5.75 Å². The van der Waals surface area contributed by atoms with Gasteiger partial charge in [-0.3, -0.25) is 9.59 Å². The Morgan fingerprint density at radius 3 is 2.23 bits per heavy atom. The fraction of sp³-hybridized carbons (Fsp3) is 0.148. The fourth-order valence-electron chi connectivity index (χ4n) is 3.39. The summed E-state index contributed by atoms with van der Waals surface area (Å²) >= 11 is 1.20. The molecule has 7 nitrogen and oxygen atoms in total. The number of phenolic OH excluding ortho intramolecular Hbond substituents is 1. The number of amides is 2. The van der Waals surface area contributed by atoms with Gasteiger partial charge in [-0.25, -0.2) is 9.69 Å². The molecule has 0 aromatic heterocycles. The second kappa shape index (κ2) is 10.5. The molecule has 8 heteroatoms. The number of aryl methyl sites for hydroxylation is 1. The van der Waals surface area contributed by atoms with E-state index >= 15 is 0 Å². The minimum absolute atomic E-state index is 0.0896. The topological polar surface area (TPSA) is 95.9 Å². The maximum atomic E-state index is 13.5. The van der Waals surface area contributed by atoms with Gasteiger partial charge in [0.25, 0.3) is 11.8 Å². The van der Waals surface area contributed by atoms with Gasteiger partial charge in [-0.2, -0.15) is 0 Å². The summed E-state index contributed by atoms with van der Waals surface area (Å²) in [4.78, 5) is 41.1. The zero-order valence-corrected chi connectivity index (χ0v) is 20.1. The number of imide groups is 1. The van der Waals surface area contributed by atoms with E-state index in [4.69, 9.17) is 4.74 Å². The third kappa shape index (κ3) is 5.38. The lowest BCUT2D eigenvalue weighted by atomic mass is 10.2. The van der Waals surface area contributed by atoms with Crippen LogP contribution in [0.2, 0.25) is 0 Å². The fourth-order valence-corrected chi connectivity index (χ4v) is 4.31. The van der Waals surface area contributed by atoms with Gasteiger partial charge in [0.05, 0.1) is 17.9 Å². The zero-order chi connectivity index (χ0) is 24.9. The predicted octanol–water partition coefficient (Wildman–Crippen LogP) is 5.26. The Labute approximate surface area is 207 Å². The highest BCUT2D eigenvalue weighted by Gasteiger charge is 2.40. The highest BCUT2D eigenvalue weighted by atomic mass is 32.2. The van der Waals surface area contributed by atoms with Crippen LogP contribution >= 0.6 is 11.8 Å². The van der Waals surface area contributed by atoms with Crippen molar-refractivity contribution >= 4 is 40.9 Å². The van der Waals surface area contributed by atoms with Gasteiger partial charge in [-0.15, -0.1) is 0 Å². The average Bonchev–Trinajstić information content (AvgIpc) is 3.09. The molecule has 0 atom stereocenters. The maximum absolute atomic E-state index is 13.5. The molecular weight excluding hydrogens is 464 g/mol. The van der Waals surface area contributed by atoms with E-state index in [0.717, 1.165) is 15.4 Å². The van der Waals surface area contributed by atoms with Gasteiger partial charge < -0.3 is 15.2 Å². The third-order valence-electron chi connectivity index (χ3n) is 5.22. The second-order valence-electron chi connectivity index (χ2n) is 7.92. The first-order valence-corrected chi connectivity index (χ1v) is 11.9. The Hall–Kier alpha value is -4.04. The van der Waals surface area contributed by atoms with Crippen LogP contribution in [0.3, 0.4) is 0 Å². The highest BCUT2D eigenvalue weighted by Crippen LogP contribution is 2.38. The molecule has 0 bridgehead atoms. The van der Waals surface area contributed by atoms with Crippen molar-refractivity contribution in [1.82, 2.24) is 0 Å². The minimum Gasteiger partial charge on any atom is -0.508 e. The number of anilines is 2. The number of carbonyl (C=O) groups excluding carboxylic acids is 3. The first-order chi connectivity index (χ1) is 16.9. The van der Waals surface area contributed by atoms with E-state index in [1.165, 1.54) is 36.0 Å². The van der Waals surface area contributed by atoms with Crippen molar-refractivity contribution in [2.75, 3.05) is 16.8 Å². The van der Waals surface area contributed by atoms with Gasteiger partial charge in [-0.05, 0) is 74.0 Å². The smallest absolute Gasteiger partial charge is 0.338 e. The molecule has 1 heterocycles. The lowest BCUT2D eigenvalue weighted by molar-refractivity contribution is -0.120. The Bertz CT molecular complexity index is 1210. The van der Waals surface area contributed by atoms with E-state index in [0.29, 0.717) is 30.0 Å². The van der Waals surface area contributed by atoms with Gasteiger partial charge in [0.15, 0.2) is 0 Å². The summed E-state index contributed by atoms with van der Waals surface area (Å²) in [5.74, 6) is -1.35. The largest absolute Gasteiger partial charge is 0.508 e. The lowest BCUT2D eigenvalue weighted by Gasteiger charge is -2.16. The first-order valence-electron chi connectivity index (χ1n) is 11.1. The molecule has 1 aliphatic heterocycles. The molecule has 3 aromatic carbocycles. The molecule has 0 fully saturated rings. The average molecular weight is 489 g/mol. The minimum atomic E-state index is -0.515. The molecule has 0 radical (unpaired) electrons. The van der Waals surface area contributed by atoms with Crippen molar-refractivity contribution in [2.24, 2.45) is 0 Å². The number of carbonyl (C=O) groups is 3. The number of hydrogen-bond donors (Lipinski definition) is 2. The summed E-state index contributed by atoms with van der Waals surface area (Å²) in [5.41, 5.74) is 2.45. The number of nitrogens with zero attached hydrogens (tertiary/aromatic N) is 1. The van der Waals surface area contributed by atoms with E-state index in [2.05, 4.69) is 5.32 Å². The molecule has 178 valence electrons. The van der Waals surface area contributed by atoms with Crippen LogP contribution in [-0.4, -0.2) is 29.5 Å². The second-order valence-corrected chi connectivity index (χ2v) is 9.00. The SMILES string of the molecule is CCCOC(=O)c1ccc(N2C(=O)C(Nc3ccc(O)cc3)=C(Sc3ccc(C)cc3)C2=O)cc1. The van der Waals surface area contributed by atoms with E-state index in [-0.39, 0.29) is 16.4 Å². The summed E-state index contributed by atoms with van der Waals surface area (Å²) in [6, 6.07) is 20.0. The summed E-state index contributed by atoms with van der Waals surface area (Å²) in [6.07, 6.45) is 0.713. The van der Waals surface area contributed by atoms with Crippen LogP contribution < -0.4 is 10.2 Å². The van der Waals surface area contributed by atoms with E-state index < -0.39 is 17.8 Å². The van der Waals surface area contributed by atoms with Gasteiger partial charge >= 0.3 is 5.97 Å². The van der Waals surface area contributed by atoms with Crippen molar-refractivity contribution in [3.05, 3.63) is 94.5 Å². The Balaban J connectivity index is 1.65. The normalized spacial score (nSPS) is 13.4. The summed E-state index contributed by atoms with van der Waals surface area (Å²) < 4.78 is 5.14. The molecule has 1 aliphatic rings. The van der Waals surface area contributed by atoms with Crippen molar-refractivity contribution in [1.29, 1.82) is 0 Å². The van der Waals surface area contributed by atoms with Crippen molar-refractivity contribution < 1.29 is 24.2 Å². The molecule has 0 unspecified atom stereocenters. The number of hydrogen-bond acceptors (Lipinski definition) is 7. The van der Waals surface area contributed by atoms with Crippen molar-refractivity contribution in [3.63, 3.8) is 0 Å². The van der Waals surface area contributed by atoms with Crippen molar-refractivity contribution in [3.8, 4) is 5.75 Å². The van der Waals surface area contributed by atoms with Gasteiger partial charge in [-0.1, -0.05) is 36.4 Å². The molecule has 0 spiro atoms. The number of rotatable bonds is 8. The van der Waals surface area contributed by atoms with E-state index in [9.17, 15) is 19.5 Å². The van der Waals surface area contributed by atoms with Crippen LogP contribution in [0.1, 0.15) is 29.3 Å². The summed E-state index contributed by atoms with van der Waals surface area (Å²) in [7, 11) is 0. The monoisotopic (exact) mass is 488 g/mol. The Morgan fingerprint density at radius 2 is 1.60 bits per heavy atom. The number of benzene rings is 3. The molecule has 2 N–H and O–H groups in total. The number of aromatic hydroxyl groups is 1. The number of phenols is 1. The molecule has 4 rings (SSSR count). The Morgan fingerprint density at radius 1 is 0.943 bits per heavy atom. The standard InChI is InChI=1S/C27H24N2O5S/c1-3-16-34-27(33)18-6-10-20(11-7-18)29-25(31)23(28-19-8-12-21(30)13-9-19)24(26(29)32)35-22-14-4-17(2)5-15-22/h4-15,28,30H,3,16H2,1-2H3. The first kappa shape index (κ1) is 24.1. The van der Waals surface area contributed by atoms with Crippen molar-refractivity contribution in [2.45, 2.75) is 25.2 Å². The molecule has 3 aromatic rings. The predicted molar refractivity (Wildman–Crippen MR) is 135 cm³/mol. The van der Waals surface area contributed by atoms with Crippen LogP contribution in [0, 0.1) is 6.92 Å². The molecule has 0 saturated heterocycles. The summed E-state index contributed by atoms with van der Waals surface area (Å²) in [5, 5.41) is 12.6. The molecule has 2 amide bonds. The lowest BCUT2D eigenvalue weighted by Crippen LogP contribution is -2.32. The van der Waals surface area contributed by atoms with E-state index in [1.807, 2.05) is 38.1 Å². The molecule has 35 heavy (non-hydrogen) atoms. The number of nitrogens with one attached hydrogen (secondary N) is 1. The third-order valence-corrected chi connectivity index (χ3v) is 6.31. The number of esters is 1. The molecule has 0 aliphatic carbocycles. The Kier molecular flexibility index (Phi) is 7.22. The maximum Gasteiger partial charge on any atom is 0.338 e. The molecular formula is C27H24N2O5S. The quantitative estimate of drug-likeness (QED) is 0.254. The zero-order valence-electron chi connectivity index (χ0n) is 19.3. The van der Waals surface area contributed by atoms with Gasteiger partial charge in [0.2, 0.25) is 0 Å².